The predicted molar refractivity (Wildman–Crippen MR) is 53.6 cm³/mol. The van der Waals surface area contributed by atoms with Gasteiger partial charge in [-0.3, -0.25) is 4.79 Å². The molecule has 0 saturated carbocycles. The Balaban J connectivity index is 3.30. The van der Waals surface area contributed by atoms with E-state index in [0.717, 1.165) is 13.0 Å². The van der Waals surface area contributed by atoms with Gasteiger partial charge in [-0.15, -0.1) is 0 Å². The third-order valence-electron chi connectivity index (χ3n) is 1.59. The van der Waals surface area contributed by atoms with E-state index in [9.17, 15) is 4.79 Å². The highest BCUT2D eigenvalue weighted by atomic mass is 16.5. The molecule has 0 rings (SSSR count). The van der Waals surface area contributed by atoms with Gasteiger partial charge in [-0.25, -0.2) is 0 Å². The van der Waals surface area contributed by atoms with Crippen LogP contribution in [0.5, 0.6) is 0 Å². The van der Waals surface area contributed by atoms with Crippen molar-refractivity contribution in [1.29, 1.82) is 0 Å². The molecule has 3 heteroatoms. The van der Waals surface area contributed by atoms with Gasteiger partial charge in [0.25, 0.3) is 0 Å². The summed E-state index contributed by atoms with van der Waals surface area (Å²) >= 11 is 0. The second-order valence-electron chi connectivity index (χ2n) is 3.89. The van der Waals surface area contributed by atoms with Crippen LogP contribution >= 0.6 is 0 Å². The Morgan fingerprint density at radius 1 is 1.31 bits per heavy atom. The smallest absolute Gasteiger partial charge is 0.246 e. The molecule has 0 aliphatic heterocycles. The van der Waals surface area contributed by atoms with Gasteiger partial charge in [-0.1, -0.05) is 13.8 Å². The maximum absolute atomic E-state index is 11.1. The summed E-state index contributed by atoms with van der Waals surface area (Å²) in [5.74, 6) is 0.612. The average molecular weight is 187 g/mol. The second-order valence-corrected chi connectivity index (χ2v) is 3.89. The van der Waals surface area contributed by atoms with Crippen LogP contribution in [-0.2, 0) is 9.53 Å². The molecule has 0 fully saturated rings. The van der Waals surface area contributed by atoms with Crippen molar-refractivity contribution in [2.24, 2.45) is 5.92 Å². The average Bonchev–Trinajstić information content (AvgIpc) is 2.00. The summed E-state index contributed by atoms with van der Waals surface area (Å²) in [7, 11) is 0. The molecule has 0 saturated heterocycles. The van der Waals surface area contributed by atoms with Crippen LogP contribution in [0.25, 0.3) is 0 Å². The first-order valence-electron chi connectivity index (χ1n) is 4.90. The van der Waals surface area contributed by atoms with Crippen molar-refractivity contribution in [2.75, 3.05) is 13.2 Å². The number of nitrogens with one attached hydrogen (secondary N) is 1. The quantitative estimate of drug-likeness (QED) is 0.685. The fraction of sp³-hybridized carbons (Fsp3) is 0.900. The van der Waals surface area contributed by atoms with E-state index < -0.39 is 0 Å². The van der Waals surface area contributed by atoms with Gasteiger partial charge in [-0.2, -0.15) is 0 Å². The minimum absolute atomic E-state index is 0.0191. The van der Waals surface area contributed by atoms with E-state index in [4.69, 9.17) is 4.74 Å². The predicted octanol–water partition coefficient (Wildman–Crippen LogP) is 1.57. The molecular weight excluding hydrogens is 166 g/mol. The Bertz CT molecular complexity index is 144. The van der Waals surface area contributed by atoms with E-state index in [2.05, 4.69) is 19.2 Å². The van der Waals surface area contributed by atoms with E-state index >= 15 is 0 Å². The van der Waals surface area contributed by atoms with Crippen LogP contribution in [0.1, 0.15) is 34.1 Å². The molecule has 0 aromatic rings. The molecule has 0 heterocycles. The van der Waals surface area contributed by atoms with Gasteiger partial charge in [0.05, 0.1) is 6.10 Å². The third kappa shape index (κ3) is 9.34. The van der Waals surface area contributed by atoms with E-state index in [-0.39, 0.29) is 18.6 Å². The summed E-state index contributed by atoms with van der Waals surface area (Å²) < 4.78 is 5.15. The van der Waals surface area contributed by atoms with E-state index in [1.807, 2.05) is 13.8 Å². The molecule has 13 heavy (non-hydrogen) atoms. The third-order valence-corrected chi connectivity index (χ3v) is 1.59. The Labute approximate surface area is 80.8 Å². The molecule has 0 spiro atoms. The highest BCUT2D eigenvalue weighted by Gasteiger charge is 2.02. The fourth-order valence-electron chi connectivity index (χ4n) is 0.794. The van der Waals surface area contributed by atoms with Gasteiger partial charge in [0, 0.05) is 6.54 Å². The van der Waals surface area contributed by atoms with E-state index in [0.29, 0.717) is 5.92 Å². The number of hydrogen-bond donors (Lipinski definition) is 1. The van der Waals surface area contributed by atoms with Crippen LogP contribution in [0.3, 0.4) is 0 Å². The highest BCUT2D eigenvalue weighted by Crippen LogP contribution is 1.96. The topological polar surface area (TPSA) is 38.3 Å². The molecule has 0 aromatic carbocycles. The molecule has 0 bridgehead atoms. The van der Waals surface area contributed by atoms with Crippen molar-refractivity contribution >= 4 is 5.91 Å². The van der Waals surface area contributed by atoms with Crippen molar-refractivity contribution in [3.63, 3.8) is 0 Å². The first kappa shape index (κ1) is 12.4. The molecule has 0 atom stereocenters. The number of rotatable bonds is 6. The van der Waals surface area contributed by atoms with Crippen LogP contribution in [-0.4, -0.2) is 25.2 Å². The maximum atomic E-state index is 11.1. The summed E-state index contributed by atoms with van der Waals surface area (Å²) in [4.78, 5) is 11.1. The van der Waals surface area contributed by atoms with Crippen molar-refractivity contribution in [3.8, 4) is 0 Å². The molecular formula is C10H21NO2. The Kier molecular flexibility index (Phi) is 6.59. The number of carbonyl (C=O) groups is 1. The molecule has 0 aliphatic carbocycles. The van der Waals surface area contributed by atoms with Crippen LogP contribution in [0, 0.1) is 5.92 Å². The van der Waals surface area contributed by atoms with Gasteiger partial charge in [0.15, 0.2) is 0 Å². The molecule has 0 aromatic heterocycles. The minimum atomic E-state index is -0.0191. The first-order chi connectivity index (χ1) is 6.02. The molecule has 1 N–H and O–H groups in total. The largest absolute Gasteiger partial charge is 0.369 e. The van der Waals surface area contributed by atoms with E-state index in [1.54, 1.807) is 0 Å². The Morgan fingerprint density at radius 3 is 2.38 bits per heavy atom. The van der Waals surface area contributed by atoms with Crippen LogP contribution in [0.4, 0.5) is 0 Å². The standard InChI is InChI=1S/C10H21NO2/c1-8(2)5-6-11-10(12)7-13-9(3)4/h8-9H,5-7H2,1-4H3,(H,11,12). The molecule has 0 radical (unpaired) electrons. The number of amides is 1. The van der Waals surface area contributed by atoms with Gasteiger partial charge in [-0.05, 0) is 26.2 Å². The van der Waals surface area contributed by atoms with Gasteiger partial charge >= 0.3 is 0 Å². The second kappa shape index (κ2) is 6.89. The van der Waals surface area contributed by atoms with Gasteiger partial charge in [0.2, 0.25) is 5.91 Å². The molecule has 78 valence electrons. The summed E-state index contributed by atoms with van der Waals surface area (Å²) in [5, 5.41) is 2.81. The Hall–Kier alpha value is -0.570. The summed E-state index contributed by atoms with van der Waals surface area (Å²) in [6.07, 6.45) is 1.14. The summed E-state index contributed by atoms with van der Waals surface area (Å²) in [5.41, 5.74) is 0. The van der Waals surface area contributed by atoms with Crippen molar-refractivity contribution in [1.82, 2.24) is 5.32 Å². The Morgan fingerprint density at radius 2 is 1.92 bits per heavy atom. The van der Waals surface area contributed by atoms with Crippen LogP contribution in [0.15, 0.2) is 0 Å². The normalized spacial score (nSPS) is 10.9. The van der Waals surface area contributed by atoms with Gasteiger partial charge in [0.1, 0.15) is 6.61 Å². The number of ether oxygens (including phenoxy) is 1. The highest BCUT2D eigenvalue weighted by molar-refractivity contribution is 5.77. The lowest BCUT2D eigenvalue weighted by atomic mass is 10.1. The first-order valence-corrected chi connectivity index (χ1v) is 4.90. The lowest BCUT2D eigenvalue weighted by molar-refractivity contribution is -0.127. The summed E-state index contributed by atoms with van der Waals surface area (Å²) in [6.45, 7) is 9.03. The lowest BCUT2D eigenvalue weighted by Gasteiger charge is -2.09. The molecule has 3 nitrogen and oxygen atoms in total. The SMILES string of the molecule is CC(C)CCNC(=O)COC(C)C. The number of hydrogen-bond acceptors (Lipinski definition) is 2. The number of carbonyl (C=O) groups excluding carboxylic acids is 1. The van der Waals surface area contributed by atoms with Crippen molar-refractivity contribution in [2.45, 2.75) is 40.2 Å². The van der Waals surface area contributed by atoms with Crippen molar-refractivity contribution < 1.29 is 9.53 Å². The minimum Gasteiger partial charge on any atom is -0.369 e. The van der Waals surface area contributed by atoms with Crippen LogP contribution < -0.4 is 5.32 Å². The maximum Gasteiger partial charge on any atom is 0.246 e. The zero-order valence-electron chi connectivity index (χ0n) is 9.09. The van der Waals surface area contributed by atoms with Crippen LogP contribution in [0.2, 0.25) is 0 Å². The molecule has 1 amide bonds. The lowest BCUT2D eigenvalue weighted by Crippen LogP contribution is -2.30. The van der Waals surface area contributed by atoms with Gasteiger partial charge < -0.3 is 10.1 Å². The molecule has 0 aliphatic rings. The summed E-state index contributed by atoms with van der Waals surface area (Å²) in [6, 6.07) is 0. The fourth-order valence-corrected chi connectivity index (χ4v) is 0.794. The zero-order chi connectivity index (χ0) is 10.3. The van der Waals surface area contributed by atoms with E-state index in [1.165, 1.54) is 0 Å². The monoisotopic (exact) mass is 187 g/mol. The van der Waals surface area contributed by atoms with Crippen molar-refractivity contribution in [3.05, 3.63) is 0 Å². The molecule has 0 unspecified atom stereocenters. The zero-order valence-corrected chi connectivity index (χ0v) is 9.09.